The van der Waals surface area contributed by atoms with Gasteiger partial charge in [-0.2, -0.15) is 0 Å². The van der Waals surface area contributed by atoms with Gasteiger partial charge in [0.1, 0.15) is 0 Å². The van der Waals surface area contributed by atoms with Gasteiger partial charge in [-0.25, -0.2) is 0 Å². The van der Waals surface area contributed by atoms with E-state index >= 15 is 0 Å². The van der Waals surface area contributed by atoms with Gasteiger partial charge in [-0.05, 0) is 50.0 Å². The van der Waals surface area contributed by atoms with Crippen LogP contribution in [0.25, 0.3) is 0 Å². The summed E-state index contributed by atoms with van der Waals surface area (Å²) in [5.74, 6) is 0. The minimum absolute atomic E-state index is 1.15. The third-order valence-corrected chi connectivity index (χ3v) is 1.72. The van der Waals surface area contributed by atoms with E-state index in [2.05, 4.69) is 31.7 Å². The van der Waals surface area contributed by atoms with Crippen LogP contribution in [0.3, 0.4) is 0 Å². The summed E-state index contributed by atoms with van der Waals surface area (Å²) in [7, 11) is 0. The summed E-state index contributed by atoms with van der Waals surface area (Å²) in [6, 6.07) is 0. The van der Waals surface area contributed by atoms with Gasteiger partial charge < -0.3 is 0 Å². The van der Waals surface area contributed by atoms with E-state index in [9.17, 15) is 0 Å². The molecule has 0 spiro atoms. The Morgan fingerprint density at radius 2 is 1.45 bits per heavy atom. The second kappa shape index (κ2) is 4.00. The molecule has 0 aromatic heterocycles. The summed E-state index contributed by atoms with van der Waals surface area (Å²) >= 11 is 0. The molecule has 0 saturated carbocycles. The van der Waals surface area contributed by atoms with Crippen LogP contribution in [-0.2, 0) is 0 Å². The molecule has 0 aromatic carbocycles. The Labute approximate surface area is 68.6 Å². The third-order valence-electron chi connectivity index (χ3n) is 1.72. The van der Waals surface area contributed by atoms with Gasteiger partial charge in [-0.15, -0.1) is 5.73 Å². The van der Waals surface area contributed by atoms with E-state index in [0.717, 1.165) is 12.8 Å². The zero-order valence-corrected chi connectivity index (χ0v) is 7.22. The molecule has 0 nitrogen and oxygen atoms in total. The fourth-order valence-electron chi connectivity index (χ4n) is 1.04. The van der Waals surface area contributed by atoms with Gasteiger partial charge in [0.05, 0.1) is 0 Å². The largest absolute Gasteiger partial charge is 0.120 e. The van der Waals surface area contributed by atoms with E-state index in [4.69, 9.17) is 0 Å². The second-order valence-electron chi connectivity index (χ2n) is 2.93. The number of hydrogen-bond donors (Lipinski definition) is 0. The number of allylic oxidation sites excluding steroid dienone is 5. The maximum atomic E-state index is 3.14. The lowest BCUT2D eigenvalue weighted by atomic mass is 10.2. The van der Waals surface area contributed by atoms with Crippen LogP contribution in [0.4, 0.5) is 0 Å². The lowest BCUT2D eigenvalue weighted by Crippen LogP contribution is -1.69. The van der Waals surface area contributed by atoms with Crippen LogP contribution in [0.2, 0.25) is 0 Å². The molecule has 0 amide bonds. The molecule has 0 aromatic rings. The molecule has 0 heteroatoms. The molecule has 0 heterocycles. The lowest BCUT2D eigenvalue weighted by Gasteiger charge is -1.89. The molecule has 0 atom stereocenters. The van der Waals surface area contributed by atoms with E-state index in [1.54, 1.807) is 0 Å². The first-order chi connectivity index (χ1) is 5.29. The molecule has 1 rings (SSSR count). The van der Waals surface area contributed by atoms with Gasteiger partial charge in [0.15, 0.2) is 0 Å². The Bertz CT molecular complexity index is 221. The molecule has 0 N–H and O–H groups in total. The highest BCUT2D eigenvalue weighted by atomic mass is 13.9. The fourth-order valence-corrected chi connectivity index (χ4v) is 1.04. The molecule has 0 aliphatic heterocycles. The van der Waals surface area contributed by atoms with Gasteiger partial charge in [0, 0.05) is 0 Å². The van der Waals surface area contributed by atoms with Gasteiger partial charge in [-0.1, -0.05) is 12.2 Å². The van der Waals surface area contributed by atoms with Crippen LogP contribution in [0, 0.1) is 0 Å². The van der Waals surface area contributed by atoms with Gasteiger partial charge in [0.25, 0.3) is 0 Å². The number of rotatable bonds is 0. The Balaban J connectivity index is 2.82. The van der Waals surface area contributed by atoms with Crippen LogP contribution in [0.15, 0.2) is 41.2 Å². The average molecular weight is 146 g/mol. The van der Waals surface area contributed by atoms with Crippen molar-refractivity contribution < 1.29 is 0 Å². The molecule has 0 fully saturated rings. The van der Waals surface area contributed by atoms with Gasteiger partial charge in [0.2, 0.25) is 0 Å². The van der Waals surface area contributed by atoms with E-state index in [-0.39, 0.29) is 0 Å². The lowest BCUT2D eigenvalue weighted by molar-refractivity contribution is 1.03. The smallest absolute Gasteiger partial charge is 0.0174 e. The molecule has 0 radical (unpaired) electrons. The molecule has 0 bridgehead atoms. The van der Waals surface area contributed by atoms with Crippen molar-refractivity contribution in [2.45, 2.75) is 26.7 Å². The van der Waals surface area contributed by atoms with Gasteiger partial charge in [-0.3, -0.25) is 0 Å². The molecule has 11 heavy (non-hydrogen) atoms. The summed E-state index contributed by atoms with van der Waals surface area (Å²) in [6.45, 7) is 4.23. The van der Waals surface area contributed by atoms with E-state index in [0.29, 0.717) is 0 Å². The third kappa shape index (κ3) is 3.06. The summed E-state index contributed by atoms with van der Waals surface area (Å²) < 4.78 is 0. The SMILES string of the molecule is CC1=CCCC=C(C)C=C=C1. The standard InChI is InChI=1S/C11H14/c1-10-6-3-4-7-11(2)9-5-8-10/h6-9H,3-4H2,1-2H3. The van der Waals surface area contributed by atoms with Crippen molar-refractivity contribution >= 4 is 0 Å². The van der Waals surface area contributed by atoms with Crippen LogP contribution in [0.1, 0.15) is 26.7 Å². The van der Waals surface area contributed by atoms with Crippen molar-refractivity contribution in [3.63, 3.8) is 0 Å². The first kappa shape index (κ1) is 8.10. The van der Waals surface area contributed by atoms with Crippen molar-refractivity contribution in [1.29, 1.82) is 0 Å². The fraction of sp³-hybridized carbons (Fsp3) is 0.364. The van der Waals surface area contributed by atoms with Crippen molar-refractivity contribution in [1.82, 2.24) is 0 Å². The molecule has 1 aliphatic carbocycles. The van der Waals surface area contributed by atoms with Crippen molar-refractivity contribution in [3.8, 4) is 0 Å². The predicted octanol–water partition coefficient (Wildman–Crippen LogP) is 3.38. The topological polar surface area (TPSA) is 0 Å². The van der Waals surface area contributed by atoms with Crippen molar-refractivity contribution in [2.24, 2.45) is 0 Å². The molecular formula is C11H14. The predicted molar refractivity (Wildman–Crippen MR) is 49.4 cm³/mol. The molecular weight excluding hydrogens is 132 g/mol. The summed E-state index contributed by atoms with van der Waals surface area (Å²) in [5, 5.41) is 0. The van der Waals surface area contributed by atoms with Crippen LogP contribution in [0.5, 0.6) is 0 Å². The highest BCUT2D eigenvalue weighted by Gasteiger charge is 1.86. The first-order valence-corrected chi connectivity index (χ1v) is 4.05. The van der Waals surface area contributed by atoms with Crippen molar-refractivity contribution in [3.05, 3.63) is 41.2 Å². The summed E-state index contributed by atoms with van der Waals surface area (Å²) in [5.41, 5.74) is 5.76. The second-order valence-corrected chi connectivity index (χ2v) is 2.93. The zero-order chi connectivity index (χ0) is 8.10. The summed E-state index contributed by atoms with van der Waals surface area (Å²) in [6.07, 6.45) is 10.8. The Hall–Kier alpha value is -1.00. The highest BCUT2D eigenvalue weighted by molar-refractivity contribution is 5.23. The Morgan fingerprint density at radius 1 is 1.00 bits per heavy atom. The minimum Gasteiger partial charge on any atom is -0.120 e. The summed E-state index contributed by atoms with van der Waals surface area (Å²) in [4.78, 5) is 0. The zero-order valence-electron chi connectivity index (χ0n) is 7.22. The minimum atomic E-state index is 1.15. The molecule has 58 valence electrons. The molecule has 1 aliphatic rings. The normalized spacial score (nSPS) is 18.0. The molecule has 0 unspecified atom stereocenters. The number of hydrogen-bond acceptors (Lipinski definition) is 0. The van der Waals surface area contributed by atoms with E-state index in [1.807, 2.05) is 12.2 Å². The monoisotopic (exact) mass is 146 g/mol. The highest BCUT2D eigenvalue weighted by Crippen LogP contribution is 2.06. The Kier molecular flexibility index (Phi) is 2.95. The van der Waals surface area contributed by atoms with Crippen LogP contribution in [-0.4, -0.2) is 0 Å². The van der Waals surface area contributed by atoms with E-state index < -0.39 is 0 Å². The Morgan fingerprint density at radius 3 is 1.91 bits per heavy atom. The average Bonchev–Trinajstić information content (AvgIpc) is 2.04. The van der Waals surface area contributed by atoms with E-state index in [1.165, 1.54) is 11.1 Å². The maximum Gasteiger partial charge on any atom is -0.0174 e. The van der Waals surface area contributed by atoms with Crippen LogP contribution >= 0.6 is 0 Å². The van der Waals surface area contributed by atoms with Crippen molar-refractivity contribution in [2.75, 3.05) is 0 Å². The van der Waals surface area contributed by atoms with Crippen LogP contribution < -0.4 is 0 Å². The molecule has 0 saturated heterocycles. The first-order valence-electron chi connectivity index (χ1n) is 4.05. The van der Waals surface area contributed by atoms with Gasteiger partial charge >= 0.3 is 0 Å². The maximum absolute atomic E-state index is 3.14. The quantitative estimate of drug-likeness (QED) is 0.459.